The average molecular weight is 125 g/mol. The first kappa shape index (κ1) is 5.68. The lowest BCUT2D eigenvalue weighted by Gasteiger charge is -1.96. The van der Waals surface area contributed by atoms with Gasteiger partial charge in [0.25, 0.3) is 0 Å². The van der Waals surface area contributed by atoms with Crippen LogP contribution in [0.15, 0.2) is 12.3 Å². The van der Waals surface area contributed by atoms with E-state index in [-0.39, 0.29) is 11.6 Å². The van der Waals surface area contributed by atoms with Gasteiger partial charge < -0.3 is 16.6 Å². The van der Waals surface area contributed by atoms with Crippen molar-refractivity contribution in [2.75, 3.05) is 11.5 Å². The Bertz CT molecular complexity index is 223. The molecular formula is C5H7N3O. The zero-order valence-corrected chi connectivity index (χ0v) is 4.70. The Morgan fingerprint density at radius 3 is 2.56 bits per heavy atom. The van der Waals surface area contributed by atoms with Crippen LogP contribution in [0.1, 0.15) is 0 Å². The fourth-order valence-corrected chi connectivity index (χ4v) is 0.481. The Kier molecular flexibility index (Phi) is 1.14. The second-order valence-electron chi connectivity index (χ2n) is 1.67. The quantitative estimate of drug-likeness (QED) is 0.454. The third-order valence-electron chi connectivity index (χ3n) is 0.935. The SMILES string of the molecule is Nc1cc(O)cnc1N. The lowest BCUT2D eigenvalue weighted by molar-refractivity contribution is 0.473. The molecule has 4 heteroatoms. The number of anilines is 2. The largest absolute Gasteiger partial charge is 0.506 e. The first-order valence-corrected chi connectivity index (χ1v) is 2.40. The molecule has 1 aromatic rings. The summed E-state index contributed by atoms with van der Waals surface area (Å²) in [6.45, 7) is 0. The highest BCUT2D eigenvalue weighted by molar-refractivity contribution is 5.59. The van der Waals surface area contributed by atoms with Gasteiger partial charge in [0.15, 0.2) is 0 Å². The number of nitrogen functional groups attached to an aromatic ring is 2. The van der Waals surface area contributed by atoms with Crippen molar-refractivity contribution < 1.29 is 5.11 Å². The highest BCUT2D eigenvalue weighted by Crippen LogP contribution is 2.15. The molecule has 0 aromatic carbocycles. The summed E-state index contributed by atoms with van der Waals surface area (Å²) < 4.78 is 0. The van der Waals surface area contributed by atoms with Crippen LogP contribution in [0.4, 0.5) is 11.5 Å². The van der Waals surface area contributed by atoms with Gasteiger partial charge in [0, 0.05) is 6.07 Å². The third-order valence-corrected chi connectivity index (χ3v) is 0.935. The fourth-order valence-electron chi connectivity index (χ4n) is 0.481. The number of hydrogen-bond acceptors (Lipinski definition) is 4. The topological polar surface area (TPSA) is 85.2 Å². The number of aromatic nitrogens is 1. The molecule has 0 amide bonds. The summed E-state index contributed by atoms with van der Waals surface area (Å²) in [6, 6.07) is 1.35. The van der Waals surface area contributed by atoms with E-state index in [9.17, 15) is 0 Å². The minimum absolute atomic E-state index is 0.0294. The Hall–Kier alpha value is -1.45. The van der Waals surface area contributed by atoms with E-state index in [4.69, 9.17) is 16.6 Å². The van der Waals surface area contributed by atoms with Crippen LogP contribution in [-0.4, -0.2) is 10.1 Å². The third kappa shape index (κ3) is 1.02. The van der Waals surface area contributed by atoms with Crippen LogP contribution in [0, 0.1) is 0 Å². The summed E-state index contributed by atoms with van der Waals surface area (Å²) in [5, 5.41) is 8.74. The van der Waals surface area contributed by atoms with Gasteiger partial charge in [0.2, 0.25) is 0 Å². The van der Waals surface area contributed by atoms with Gasteiger partial charge in [-0.15, -0.1) is 0 Å². The van der Waals surface area contributed by atoms with Crippen molar-refractivity contribution in [2.24, 2.45) is 0 Å². The minimum atomic E-state index is 0.0294. The van der Waals surface area contributed by atoms with E-state index in [0.717, 1.165) is 0 Å². The van der Waals surface area contributed by atoms with Gasteiger partial charge in [-0.2, -0.15) is 0 Å². The van der Waals surface area contributed by atoms with E-state index in [1.54, 1.807) is 0 Å². The minimum Gasteiger partial charge on any atom is -0.506 e. The normalized spacial score (nSPS) is 9.33. The van der Waals surface area contributed by atoms with Crippen LogP contribution in [0.5, 0.6) is 5.75 Å². The molecular weight excluding hydrogens is 118 g/mol. The highest BCUT2D eigenvalue weighted by atomic mass is 16.3. The molecule has 0 radical (unpaired) electrons. The number of rotatable bonds is 0. The summed E-state index contributed by atoms with van der Waals surface area (Å²) in [4.78, 5) is 3.58. The van der Waals surface area contributed by atoms with Crippen LogP contribution < -0.4 is 11.5 Å². The molecule has 0 unspecified atom stereocenters. The molecule has 0 saturated carbocycles. The number of nitrogens with zero attached hydrogens (tertiary/aromatic N) is 1. The molecule has 0 bridgehead atoms. The molecule has 0 aliphatic heterocycles. The van der Waals surface area contributed by atoms with Crippen molar-refractivity contribution in [3.63, 3.8) is 0 Å². The van der Waals surface area contributed by atoms with E-state index >= 15 is 0 Å². The molecule has 1 rings (SSSR count). The van der Waals surface area contributed by atoms with Gasteiger partial charge in [0.1, 0.15) is 11.6 Å². The molecule has 0 aliphatic carbocycles. The van der Waals surface area contributed by atoms with Crippen molar-refractivity contribution in [2.45, 2.75) is 0 Å². The summed E-state index contributed by atoms with van der Waals surface area (Å²) in [5.74, 6) is 0.273. The molecule has 0 saturated heterocycles. The lowest BCUT2D eigenvalue weighted by Crippen LogP contribution is -1.95. The maximum absolute atomic E-state index is 8.74. The molecule has 0 aliphatic rings. The molecule has 1 heterocycles. The Balaban J connectivity index is 3.17. The molecule has 0 atom stereocenters. The lowest BCUT2D eigenvalue weighted by atomic mass is 10.4. The second kappa shape index (κ2) is 1.81. The molecule has 0 spiro atoms. The summed E-state index contributed by atoms with van der Waals surface area (Å²) >= 11 is 0. The van der Waals surface area contributed by atoms with E-state index in [1.807, 2.05) is 0 Å². The van der Waals surface area contributed by atoms with Gasteiger partial charge >= 0.3 is 0 Å². The molecule has 0 fully saturated rings. The first-order chi connectivity index (χ1) is 4.20. The molecule has 4 nitrogen and oxygen atoms in total. The van der Waals surface area contributed by atoms with Crippen LogP contribution in [-0.2, 0) is 0 Å². The van der Waals surface area contributed by atoms with E-state index in [0.29, 0.717) is 5.69 Å². The number of pyridine rings is 1. The van der Waals surface area contributed by atoms with E-state index in [2.05, 4.69) is 4.98 Å². The van der Waals surface area contributed by atoms with Crippen LogP contribution in [0.3, 0.4) is 0 Å². The zero-order chi connectivity index (χ0) is 6.85. The first-order valence-electron chi connectivity index (χ1n) is 2.40. The molecule has 5 N–H and O–H groups in total. The van der Waals surface area contributed by atoms with Gasteiger partial charge in [-0.25, -0.2) is 4.98 Å². The summed E-state index contributed by atoms with van der Waals surface area (Å²) in [6.07, 6.45) is 1.24. The Morgan fingerprint density at radius 2 is 2.11 bits per heavy atom. The smallest absolute Gasteiger partial charge is 0.146 e. The average Bonchev–Trinajstić information content (AvgIpc) is 1.80. The Labute approximate surface area is 52.1 Å². The predicted octanol–water partition coefficient (Wildman–Crippen LogP) is -0.0484. The van der Waals surface area contributed by atoms with Crippen molar-refractivity contribution >= 4 is 11.5 Å². The van der Waals surface area contributed by atoms with Crippen LogP contribution in [0.2, 0.25) is 0 Å². The molecule has 48 valence electrons. The van der Waals surface area contributed by atoms with Crippen molar-refractivity contribution in [3.05, 3.63) is 12.3 Å². The zero-order valence-electron chi connectivity index (χ0n) is 4.70. The Morgan fingerprint density at radius 1 is 1.44 bits per heavy atom. The summed E-state index contributed by atoms with van der Waals surface area (Å²) in [7, 11) is 0. The van der Waals surface area contributed by atoms with E-state index in [1.165, 1.54) is 12.3 Å². The van der Waals surface area contributed by atoms with Crippen molar-refractivity contribution in [1.29, 1.82) is 0 Å². The summed E-state index contributed by atoms with van der Waals surface area (Å²) in [5.41, 5.74) is 10.8. The standard InChI is InChI=1S/C5H7N3O/c6-4-1-3(9)2-8-5(4)7/h1-2,9H,6H2,(H2,7,8). The fraction of sp³-hybridized carbons (Fsp3) is 0. The van der Waals surface area contributed by atoms with Crippen LogP contribution >= 0.6 is 0 Å². The van der Waals surface area contributed by atoms with Gasteiger partial charge in [0.05, 0.1) is 11.9 Å². The monoisotopic (exact) mass is 125 g/mol. The maximum Gasteiger partial charge on any atom is 0.146 e. The van der Waals surface area contributed by atoms with Crippen LogP contribution in [0.25, 0.3) is 0 Å². The second-order valence-corrected chi connectivity index (χ2v) is 1.67. The number of aromatic hydroxyl groups is 1. The maximum atomic E-state index is 8.74. The van der Waals surface area contributed by atoms with Gasteiger partial charge in [-0.05, 0) is 0 Å². The number of nitrogens with two attached hydrogens (primary N) is 2. The molecule has 1 aromatic heterocycles. The molecule has 9 heavy (non-hydrogen) atoms. The predicted molar refractivity (Wildman–Crippen MR) is 34.7 cm³/mol. The highest BCUT2D eigenvalue weighted by Gasteiger charge is 1.94. The number of hydrogen-bond donors (Lipinski definition) is 3. The van der Waals surface area contributed by atoms with E-state index < -0.39 is 0 Å². The van der Waals surface area contributed by atoms with Gasteiger partial charge in [-0.1, -0.05) is 0 Å². The van der Waals surface area contributed by atoms with Crippen molar-refractivity contribution in [3.8, 4) is 5.75 Å². The van der Waals surface area contributed by atoms with Crippen molar-refractivity contribution in [1.82, 2.24) is 4.98 Å². The van der Waals surface area contributed by atoms with Gasteiger partial charge in [-0.3, -0.25) is 0 Å².